The average molecular weight is 303 g/mol. The van der Waals surface area contributed by atoms with E-state index in [2.05, 4.69) is 47.1 Å². The van der Waals surface area contributed by atoms with Crippen LogP contribution in [0.2, 0.25) is 5.02 Å². The van der Waals surface area contributed by atoms with Gasteiger partial charge in [0.25, 0.3) is 0 Å². The normalized spacial score (nSPS) is 11.4. The van der Waals surface area contributed by atoms with E-state index in [0.717, 1.165) is 28.4 Å². The van der Waals surface area contributed by atoms with Gasteiger partial charge in [0, 0.05) is 25.3 Å². The van der Waals surface area contributed by atoms with Gasteiger partial charge in [-0.25, -0.2) is 0 Å². The van der Waals surface area contributed by atoms with E-state index in [9.17, 15) is 0 Å². The molecule has 0 aliphatic carbocycles. The van der Waals surface area contributed by atoms with E-state index < -0.39 is 0 Å². The van der Waals surface area contributed by atoms with Crippen molar-refractivity contribution in [2.75, 3.05) is 0 Å². The highest BCUT2D eigenvalue weighted by atomic mass is 35.5. The van der Waals surface area contributed by atoms with Crippen molar-refractivity contribution in [2.24, 2.45) is 12.8 Å². The molecule has 2 N–H and O–H groups in total. The maximum atomic E-state index is 6.44. The number of nitrogens with zero attached hydrogens (tertiary/aromatic N) is 3. The molecular formula is C16H19ClN4. The summed E-state index contributed by atoms with van der Waals surface area (Å²) in [6, 6.07) is 8.43. The molecule has 0 saturated heterocycles. The summed E-state index contributed by atoms with van der Waals surface area (Å²) >= 11 is 6.44. The predicted molar refractivity (Wildman–Crippen MR) is 86.5 cm³/mol. The van der Waals surface area contributed by atoms with Crippen LogP contribution in [0.1, 0.15) is 23.9 Å². The maximum Gasteiger partial charge on any atom is 0.0868 e. The van der Waals surface area contributed by atoms with Gasteiger partial charge in [-0.05, 0) is 29.5 Å². The van der Waals surface area contributed by atoms with Crippen LogP contribution in [-0.2, 0) is 26.6 Å². The lowest BCUT2D eigenvalue weighted by Crippen LogP contribution is -2.05. The van der Waals surface area contributed by atoms with Crippen LogP contribution in [0.25, 0.3) is 10.9 Å². The molecule has 0 fully saturated rings. The zero-order chi connectivity index (χ0) is 15.0. The molecule has 110 valence electrons. The number of aromatic nitrogens is 3. The van der Waals surface area contributed by atoms with Gasteiger partial charge in [0.05, 0.1) is 23.0 Å². The van der Waals surface area contributed by atoms with Crippen molar-refractivity contribution in [1.82, 2.24) is 14.3 Å². The van der Waals surface area contributed by atoms with Crippen molar-refractivity contribution >= 4 is 22.5 Å². The Hall–Kier alpha value is -1.78. The predicted octanol–water partition coefficient (Wildman–Crippen LogP) is 3.10. The summed E-state index contributed by atoms with van der Waals surface area (Å²) in [7, 11) is 1.94. The summed E-state index contributed by atoms with van der Waals surface area (Å²) in [5.41, 5.74) is 10.0. The van der Waals surface area contributed by atoms with Crippen LogP contribution < -0.4 is 5.73 Å². The molecule has 2 aromatic heterocycles. The Kier molecular flexibility index (Phi) is 3.74. The van der Waals surface area contributed by atoms with Crippen molar-refractivity contribution in [1.29, 1.82) is 0 Å². The van der Waals surface area contributed by atoms with Crippen LogP contribution in [0.15, 0.2) is 30.5 Å². The van der Waals surface area contributed by atoms with Crippen molar-refractivity contribution in [3.63, 3.8) is 0 Å². The third kappa shape index (κ3) is 2.45. The van der Waals surface area contributed by atoms with E-state index in [0.29, 0.717) is 13.1 Å². The first kappa shape index (κ1) is 14.2. The van der Waals surface area contributed by atoms with Crippen LogP contribution >= 0.6 is 11.6 Å². The molecule has 0 saturated carbocycles. The minimum atomic E-state index is 0.549. The molecule has 21 heavy (non-hydrogen) atoms. The molecule has 0 bridgehead atoms. The molecule has 0 amide bonds. The minimum absolute atomic E-state index is 0.549. The molecular weight excluding hydrogens is 284 g/mol. The van der Waals surface area contributed by atoms with Crippen molar-refractivity contribution in [3.8, 4) is 0 Å². The van der Waals surface area contributed by atoms with E-state index in [1.807, 2.05) is 11.7 Å². The number of benzene rings is 1. The van der Waals surface area contributed by atoms with Gasteiger partial charge in [0.1, 0.15) is 0 Å². The number of rotatable bonds is 4. The smallest absolute Gasteiger partial charge is 0.0868 e. The number of hydrogen-bond donors (Lipinski definition) is 1. The van der Waals surface area contributed by atoms with Crippen LogP contribution in [0.4, 0.5) is 0 Å². The molecule has 0 spiro atoms. The second kappa shape index (κ2) is 5.54. The Bertz CT molecular complexity index is 785. The SMILES string of the molecule is CCc1nn(C)c(Cn2ccc3ccc(CN)cc32)c1Cl. The molecule has 5 heteroatoms. The highest BCUT2D eigenvalue weighted by Crippen LogP contribution is 2.24. The molecule has 3 aromatic rings. The highest BCUT2D eigenvalue weighted by Gasteiger charge is 2.14. The average Bonchev–Trinajstić information content (AvgIpc) is 3.02. The Balaban J connectivity index is 2.04. The summed E-state index contributed by atoms with van der Waals surface area (Å²) < 4.78 is 4.07. The Labute approximate surface area is 129 Å². The van der Waals surface area contributed by atoms with Crippen molar-refractivity contribution in [3.05, 3.63) is 52.4 Å². The van der Waals surface area contributed by atoms with E-state index in [-0.39, 0.29) is 0 Å². The molecule has 0 unspecified atom stereocenters. The quantitative estimate of drug-likeness (QED) is 0.805. The summed E-state index contributed by atoms with van der Waals surface area (Å²) in [6.07, 6.45) is 2.93. The number of nitrogens with two attached hydrogens (primary N) is 1. The van der Waals surface area contributed by atoms with Gasteiger partial charge in [0.15, 0.2) is 0 Å². The number of hydrogen-bond acceptors (Lipinski definition) is 2. The summed E-state index contributed by atoms with van der Waals surface area (Å²) in [5, 5.41) is 6.46. The second-order valence-corrected chi connectivity index (χ2v) is 5.60. The monoisotopic (exact) mass is 302 g/mol. The third-order valence-corrected chi connectivity index (χ3v) is 4.33. The fraction of sp³-hybridized carbons (Fsp3) is 0.312. The first-order valence-corrected chi connectivity index (χ1v) is 7.50. The third-order valence-electron chi connectivity index (χ3n) is 3.90. The van der Waals surface area contributed by atoms with E-state index in [1.54, 1.807) is 0 Å². The highest BCUT2D eigenvalue weighted by molar-refractivity contribution is 6.31. The summed E-state index contributed by atoms with van der Waals surface area (Å²) in [4.78, 5) is 0. The molecule has 0 aliphatic rings. The lowest BCUT2D eigenvalue weighted by atomic mass is 10.1. The molecule has 0 atom stereocenters. The van der Waals surface area contributed by atoms with Gasteiger partial charge in [-0.1, -0.05) is 30.7 Å². The largest absolute Gasteiger partial charge is 0.341 e. The molecule has 0 radical (unpaired) electrons. The summed E-state index contributed by atoms with van der Waals surface area (Å²) in [6.45, 7) is 3.32. The van der Waals surface area contributed by atoms with Crippen LogP contribution in [0.5, 0.6) is 0 Å². The van der Waals surface area contributed by atoms with Crippen LogP contribution in [0.3, 0.4) is 0 Å². The fourth-order valence-corrected chi connectivity index (χ4v) is 3.00. The molecule has 1 aromatic carbocycles. The van der Waals surface area contributed by atoms with Gasteiger partial charge in [-0.2, -0.15) is 5.10 Å². The van der Waals surface area contributed by atoms with Crippen molar-refractivity contribution < 1.29 is 0 Å². The number of fused-ring (bicyclic) bond motifs is 1. The maximum absolute atomic E-state index is 6.44. The molecule has 3 rings (SSSR count). The zero-order valence-electron chi connectivity index (χ0n) is 12.3. The van der Waals surface area contributed by atoms with Gasteiger partial charge in [0.2, 0.25) is 0 Å². The van der Waals surface area contributed by atoms with Gasteiger partial charge >= 0.3 is 0 Å². The molecule has 2 heterocycles. The second-order valence-electron chi connectivity index (χ2n) is 5.23. The minimum Gasteiger partial charge on any atom is -0.341 e. The van der Waals surface area contributed by atoms with Crippen molar-refractivity contribution in [2.45, 2.75) is 26.4 Å². The number of aryl methyl sites for hydroxylation is 2. The van der Waals surface area contributed by atoms with Gasteiger partial charge in [-0.15, -0.1) is 0 Å². The van der Waals surface area contributed by atoms with E-state index >= 15 is 0 Å². The first-order chi connectivity index (χ1) is 10.1. The Morgan fingerprint density at radius 2 is 2.10 bits per heavy atom. The molecule has 0 aliphatic heterocycles. The Morgan fingerprint density at radius 1 is 1.29 bits per heavy atom. The first-order valence-electron chi connectivity index (χ1n) is 7.12. The Morgan fingerprint density at radius 3 is 2.76 bits per heavy atom. The van der Waals surface area contributed by atoms with Gasteiger partial charge in [-0.3, -0.25) is 4.68 Å². The zero-order valence-corrected chi connectivity index (χ0v) is 13.1. The summed E-state index contributed by atoms with van der Waals surface area (Å²) in [5.74, 6) is 0. The lowest BCUT2D eigenvalue weighted by molar-refractivity contribution is 0.669. The topological polar surface area (TPSA) is 48.8 Å². The van der Waals surface area contributed by atoms with E-state index in [4.69, 9.17) is 17.3 Å². The van der Waals surface area contributed by atoms with E-state index in [1.165, 1.54) is 10.9 Å². The fourth-order valence-electron chi connectivity index (χ4n) is 2.65. The standard InChI is InChI=1S/C16H19ClN4/c1-3-13-16(17)15(20(2)19-13)10-21-7-6-12-5-4-11(9-18)8-14(12)21/h4-8H,3,9-10,18H2,1-2H3. The van der Waals surface area contributed by atoms with Crippen LogP contribution in [0, 0.1) is 0 Å². The molecule has 4 nitrogen and oxygen atoms in total. The van der Waals surface area contributed by atoms with Gasteiger partial charge < -0.3 is 10.3 Å². The van der Waals surface area contributed by atoms with Crippen LogP contribution in [-0.4, -0.2) is 14.3 Å². The lowest BCUT2D eigenvalue weighted by Gasteiger charge is -2.08. The number of halogens is 1.